The number of carbonyl (C=O) groups excluding carboxylic acids is 2. The van der Waals surface area contributed by atoms with E-state index in [1.165, 1.54) is 11.0 Å². The van der Waals surface area contributed by atoms with Crippen molar-refractivity contribution in [1.29, 1.82) is 0 Å². The van der Waals surface area contributed by atoms with Gasteiger partial charge in [0, 0.05) is 30.6 Å². The van der Waals surface area contributed by atoms with Gasteiger partial charge >= 0.3 is 0 Å². The van der Waals surface area contributed by atoms with Gasteiger partial charge in [-0.05, 0) is 43.3 Å². The third-order valence-corrected chi connectivity index (χ3v) is 3.74. The maximum Gasteiger partial charge on any atom is 0.256 e. The van der Waals surface area contributed by atoms with Gasteiger partial charge in [0.25, 0.3) is 5.91 Å². The summed E-state index contributed by atoms with van der Waals surface area (Å²) in [7, 11) is 1.65. The van der Waals surface area contributed by atoms with Crippen LogP contribution in [0.1, 0.15) is 16.1 Å². The number of rotatable bonds is 4. The molecule has 1 N–H and O–H groups in total. The Labute approximate surface area is 144 Å². The number of benzene rings is 1. The normalized spacial score (nSPS) is 10.5. The molecule has 2 aromatic heterocycles. The van der Waals surface area contributed by atoms with Gasteiger partial charge in [-0.25, -0.2) is 4.98 Å². The first-order chi connectivity index (χ1) is 12.0. The third kappa shape index (κ3) is 3.25. The molecule has 7 heteroatoms. The first-order valence-corrected chi connectivity index (χ1v) is 7.62. The van der Waals surface area contributed by atoms with Crippen LogP contribution in [0.4, 0.5) is 11.5 Å². The Morgan fingerprint density at radius 3 is 2.64 bits per heavy atom. The minimum Gasteiger partial charge on any atom is -0.312 e. The van der Waals surface area contributed by atoms with E-state index in [4.69, 9.17) is 0 Å². The molecule has 0 aliphatic heterocycles. The van der Waals surface area contributed by atoms with E-state index >= 15 is 0 Å². The lowest BCUT2D eigenvalue weighted by molar-refractivity contribution is -0.113. The molecule has 0 aliphatic rings. The van der Waals surface area contributed by atoms with Gasteiger partial charge in [-0.3, -0.25) is 9.59 Å². The van der Waals surface area contributed by atoms with Crippen LogP contribution in [0, 0.1) is 6.92 Å². The fourth-order valence-electron chi connectivity index (χ4n) is 2.39. The van der Waals surface area contributed by atoms with Gasteiger partial charge in [0.05, 0.1) is 5.69 Å². The molecular weight excluding hydrogens is 318 g/mol. The summed E-state index contributed by atoms with van der Waals surface area (Å²) in [5, 5.41) is 7.13. The average Bonchev–Trinajstić information content (AvgIpc) is 3.01. The Bertz CT molecular complexity index is 959. The zero-order valence-electron chi connectivity index (χ0n) is 13.9. The van der Waals surface area contributed by atoms with Crippen LogP contribution in [-0.4, -0.2) is 33.5 Å². The Hall–Kier alpha value is -3.48. The minimum atomic E-state index is -0.273. The lowest BCUT2D eigenvalue weighted by Gasteiger charge is -2.15. The first-order valence-electron chi connectivity index (χ1n) is 7.62. The van der Waals surface area contributed by atoms with Crippen LogP contribution in [-0.2, 0) is 4.79 Å². The van der Waals surface area contributed by atoms with Gasteiger partial charge < -0.3 is 10.2 Å². The highest BCUT2D eigenvalue weighted by Gasteiger charge is 2.12. The molecule has 126 valence electrons. The van der Waals surface area contributed by atoms with Gasteiger partial charge in [-0.2, -0.15) is 9.61 Å². The summed E-state index contributed by atoms with van der Waals surface area (Å²) in [5.41, 5.74) is 2.62. The molecule has 7 nitrogen and oxygen atoms in total. The Kier molecular flexibility index (Phi) is 4.30. The summed E-state index contributed by atoms with van der Waals surface area (Å²) < 4.78 is 1.58. The summed E-state index contributed by atoms with van der Waals surface area (Å²) >= 11 is 0. The summed E-state index contributed by atoms with van der Waals surface area (Å²) in [6.07, 6.45) is 2.85. The molecule has 0 aliphatic carbocycles. The van der Waals surface area contributed by atoms with E-state index in [1.807, 2.05) is 13.0 Å². The molecule has 0 fully saturated rings. The molecule has 0 saturated heterocycles. The van der Waals surface area contributed by atoms with Crippen LogP contribution >= 0.6 is 0 Å². The summed E-state index contributed by atoms with van der Waals surface area (Å²) in [6.45, 7) is 5.32. The van der Waals surface area contributed by atoms with Crippen LogP contribution in [0.25, 0.3) is 5.65 Å². The van der Waals surface area contributed by atoms with Crippen molar-refractivity contribution in [1.82, 2.24) is 14.6 Å². The van der Waals surface area contributed by atoms with Crippen molar-refractivity contribution in [2.45, 2.75) is 6.92 Å². The van der Waals surface area contributed by atoms with Gasteiger partial charge in [0.2, 0.25) is 5.91 Å². The highest BCUT2D eigenvalue weighted by atomic mass is 16.2. The fourth-order valence-corrected chi connectivity index (χ4v) is 2.39. The molecule has 3 aromatic rings. The van der Waals surface area contributed by atoms with E-state index in [2.05, 4.69) is 22.0 Å². The van der Waals surface area contributed by atoms with Crippen LogP contribution in [0.5, 0.6) is 0 Å². The number of likely N-dealkylation sites (N-methyl/N-ethyl adjacent to an activating group) is 1. The second kappa shape index (κ2) is 6.56. The molecule has 0 saturated carbocycles. The maximum absolute atomic E-state index is 12.5. The fraction of sp³-hybridized carbons (Fsp3) is 0.111. The van der Waals surface area contributed by atoms with Crippen molar-refractivity contribution in [3.63, 3.8) is 0 Å². The van der Waals surface area contributed by atoms with E-state index < -0.39 is 0 Å². The average molecular weight is 335 g/mol. The molecular formula is C18H17N5O2. The van der Waals surface area contributed by atoms with Crippen LogP contribution in [0.3, 0.4) is 0 Å². The molecule has 2 heterocycles. The van der Waals surface area contributed by atoms with Crippen molar-refractivity contribution in [3.8, 4) is 0 Å². The summed E-state index contributed by atoms with van der Waals surface area (Å²) in [4.78, 5) is 29.7. The molecule has 2 amide bonds. The number of carbonyl (C=O) groups is 2. The van der Waals surface area contributed by atoms with Crippen molar-refractivity contribution < 1.29 is 9.59 Å². The standard InChI is InChI=1S/C18H17N5O2/c1-4-17(24)22(3)14-7-5-13(6-8-14)18(25)20-15-9-10-19-16-11-12(2)21-23(15)16/h4-11H,1H2,2-3H3,(H,20,25). The second-order valence-electron chi connectivity index (χ2n) is 5.49. The number of fused-ring (bicyclic) bond motifs is 1. The largest absolute Gasteiger partial charge is 0.312 e. The molecule has 25 heavy (non-hydrogen) atoms. The number of nitrogens with zero attached hydrogens (tertiary/aromatic N) is 4. The van der Waals surface area contributed by atoms with Crippen molar-refractivity contribution in [2.24, 2.45) is 0 Å². The van der Waals surface area contributed by atoms with Crippen LogP contribution < -0.4 is 10.2 Å². The molecule has 0 bridgehead atoms. The number of anilines is 2. The zero-order chi connectivity index (χ0) is 18.0. The van der Waals surface area contributed by atoms with Gasteiger partial charge in [-0.1, -0.05) is 6.58 Å². The summed E-state index contributed by atoms with van der Waals surface area (Å²) in [6, 6.07) is 10.2. The Morgan fingerprint density at radius 1 is 1.24 bits per heavy atom. The number of hydrogen-bond donors (Lipinski definition) is 1. The monoisotopic (exact) mass is 335 g/mol. The highest BCUT2D eigenvalue weighted by Crippen LogP contribution is 2.16. The molecule has 0 spiro atoms. The van der Waals surface area contributed by atoms with Crippen molar-refractivity contribution in [2.75, 3.05) is 17.3 Å². The number of nitrogens with one attached hydrogen (secondary N) is 1. The lowest BCUT2D eigenvalue weighted by Crippen LogP contribution is -2.23. The van der Waals surface area contributed by atoms with Crippen LogP contribution in [0.15, 0.2) is 55.3 Å². The number of hydrogen-bond acceptors (Lipinski definition) is 4. The van der Waals surface area contributed by atoms with E-state index in [-0.39, 0.29) is 11.8 Å². The first kappa shape index (κ1) is 16.4. The van der Waals surface area contributed by atoms with Crippen molar-refractivity contribution in [3.05, 3.63) is 66.5 Å². The molecule has 0 unspecified atom stereocenters. The highest BCUT2D eigenvalue weighted by molar-refractivity contribution is 6.05. The zero-order valence-corrected chi connectivity index (χ0v) is 13.9. The molecule has 0 atom stereocenters. The Balaban J connectivity index is 1.81. The van der Waals surface area contributed by atoms with E-state index in [1.54, 1.807) is 48.1 Å². The van der Waals surface area contributed by atoms with Gasteiger partial charge in [0.1, 0.15) is 5.82 Å². The maximum atomic E-state index is 12.5. The quantitative estimate of drug-likeness (QED) is 0.743. The second-order valence-corrected chi connectivity index (χ2v) is 5.49. The minimum absolute atomic E-state index is 0.217. The van der Waals surface area contributed by atoms with Gasteiger partial charge in [-0.15, -0.1) is 0 Å². The predicted octanol–water partition coefficient (Wildman–Crippen LogP) is 2.44. The number of amides is 2. The Morgan fingerprint density at radius 2 is 1.96 bits per heavy atom. The SMILES string of the molecule is C=CC(=O)N(C)c1ccc(C(=O)Nc2ccnc3cc(C)nn23)cc1. The number of aromatic nitrogens is 3. The van der Waals surface area contributed by atoms with E-state index in [0.29, 0.717) is 22.7 Å². The van der Waals surface area contributed by atoms with E-state index in [9.17, 15) is 9.59 Å². The van der Waals surface area contributed by atoms with Crippen molar-refractivity contribution >= 4 is 29.0 Å². The molecule has 1 aromatic carbocycles. The molecule has 3 rings (SSSR count). The lowest BCUT2D eigenvalue weighted by atomic mass is 10.2. The summed E-state index contributed by atoms with van der Waals surface area (Å²) in [5.74, 6) is 0.0430. The third-order valence-electron chi connectivity index (χ3n) is 3.74. The van der Waals surface area contributed by atoms with Crippen LogP contribution in [0.2, 0.25) is 0 Å². The number of aryl methyl sites for hydroxylation is 1. The topological polar surface area (TPSA) is 79.6 Å². The van der Waals surface area contributed by atoms with Gasteiger partial charge in [0.15, 0.2) is 5.65 Å². The predicted molar refractivity (Wildman–Crippen MR) is 95.7 cm³/mol. The van der Waals surface area contributed by atoms with E-state index in [0.717, 1.165) is 5.69 Å². The smallest absolute Gasteiger partial charge is 0.256 e. The molecule has 0 radical (unpaired) electrons.